The molecule has 0 spiro atoms. The fourth-order valence-electron chi connectivity index (χ4n) is 2.59. The van der Waals surface area contributed by atoms with Crippen molar-refractivity contribution in [3.05, 3.63) is 23.0 Å². The fourth-order valence-corrected chi connectivity index (χ4v) is 2.59. The van der Waals surface area contributed by atoms with E-state index in [1.165, 1.54) is 0 Å². The predicted molar refractivity (Wildman–Crippen MR) is 80.1 cm³/mol. The van der Waals surface area contributed by atoms with Crippen molar-refractivity contribution in [3.8, 4) is 0 Å². The van der Waals surface area contributed by atoms with Gasteiger partial charge in [0.25, 0.3) is 5.91 Å². The molecule has 21 heavy (non-hydrogen) atoms. The summed E-state index contributed by atoms with van der Waals surface area (Å²) in [5.74, 6) is 0.0575. The van der Waals surface area contributed by atoms with Crippen LogP contribution in [-0.2, 0) is 11.2 Å². The van der Waals surface area contributed by atoms with Crippen LogP contribution >= 0.6 is 0 Å². The number of amides is 1. The molecule has 6 heteroatoms. The maximum atomic E-state index is 12.6. The molecule has 0 saturated carbocycles. The molecule has 0 radical (unpaired) electrons. The SMILES string of the molecule is CCc1nnc(C)cc1C(=O)N1CCC(OCCN)CC1. The minimum absolute atomic E-state index is 0.0575. The summed E-state index contributed by atoms with van der Waals surface area (Å²) in [6, 6.07) is 1.84. The number of nitrogens with zero attached hydrogens (tertiary/aromatic N) is 3. The molecule has 0 bridgehead atoms. The molecule has 2 rings (SSSR count). The number of aryl methyl sites for hydroxylation is 2. The number of carbonyl (C=O) groups is 1. The highest BCUT2D eigenvalue weighted by molar-refractivity contribution is 5.95. The Hall–Kier alpha value is -1.53. The summed E-state index contributed by atoms with van der Waals surface area (Å²) in [4.78, 5) is 14.5. The molecule has 0 atom stereocenters. The molecule has 1 aromatic rings. The van der Waals surface area contributed by atoms with Crippen LogP contribution in [0.4, 0.5) is 0 Å². The summed E-state index contributed by atoms with van der Waals surface area (Å²) in [6.45, 7) is 6.42. The van der Waals surface area contributed by atoms with Gasteiger partial charge in [-0.2, -0.15) is 10.2 Å². The molecule has 116 valence electrons. The largest absolute Gasteiger partial charge is 0.377 e. The molecule has 1 saturated heterocycles. The molecule has 1 aromatic heterocycles. The Morgan fingerprint density at radius 1 is 1.43 bits per heavy atom. The molecule has 2 N–H and O–H groups in total. The monoisotopic (exact) mass is 292 g/mol. The average molecular weight is 292 g/mol. The number of hydrogen-bond acceptors (Lipinski definition) is 5. The molecule has 1 aliphatic heterocycles. The Morgan fingerprint density at radius 3 is 2.76 bits per heavy atom. The van der Waals surface area contributed by atoms with Crippen molar-refractivity contribution in [1.29, 1.82) is 0 Å². The van der Waals surface area contributed by atoms with E-state index >= 15 is 0 Å². The van der Waals surface area contributed by atoms with Gasteiger partial charge in [-0.05, 0) is 32.3 Å². The molecule has 1 fully saturated rings. The number of piperidine rings is 1. The molecule has 0 unspecified atom stereocenters. The zero-order valence-electron chi connectivity index (χ0n) is 12.8. The van der Waals surface area contributed by atoms with E-state index in [0.29, 0.717) is 25.1 Å². The van der Waals surface area contributed by atoms with Crippen LogP contribution in [0.15, 0.2) is 6.07 Å². The number of nitrogens with two attached hydrogens (primary N) is 1. The lowest BCUT2D eigenvalue weighted by Crippen LogP contribution is -2.41. The van der Waals surface area contributed by atoms with Crippen LogP contribution in [0.25, 0.3) is 0 Å². The first kappa shape index (κ1) is 15.9. The quantitative estimate of drug-likeness (QED) is 0.873. The summed E-state index contributed by atoms with van der Waals surface area (Å²) in [7, 11) is 0. The van der Waals surface area contributed by atoms with Gasteiger partial charge in [0.05, 0.1) is 29.7 Å². The molecule has 6 nitrogen and oxygen atoms in total. The topological polar surface area (TPSA) is 81.3 Å². The van der Waals surface area contributed by atoms with E-state index in [4.69, 9.17) is 10.5 Å². The molecule has 0 aliphatic carbocycles. The third-order valence-corrected chi connectivity index (χ3v) is 3.76. The van der Waals surface area contributed by atoms with Crippen LogP contribution in [0.2, 0.25) is 0 Å². The minimum Gasteiger partial charge on any atom is -0.377 e. The lowest BCUT2D eigenvalue weighted by Gasteiger charge is -2.32. The van der Waals surface area contributed by atoms with Gasteiger partial charge in [-0.1, -0.05) is 6.92 Å². The summed E-state index contributed by atoms with van der Waals surface area (Å²) in [5.41, 5.74) is 7.67. The first-order valence-corrected chi connectivity index (χ1v) is 7.59. The van der Waals surface area contributed by atoms with Gasteiger partial charge in [0, 0.05) is 19.6 Å². The lowest BCUT2D eigenvalue weighted by molar-refractivity contribution is 0.0121. The van der Waals surface area contributed by atoms with E-state index in [9.17, 15) is 4.79 Å². The van der Waals surface area contributed by atoms with Crippen LogP contribution in [0.5, 0.6) is 0 Å². The zero-order chi connectivity index (χ0) is 15.2. The second-order valence-electron chi connectivity index (χ2n) is 5.35. The predicted octanol–water partition coefficient (Wildman–Crippen LogP) is 0.927. The van der Waals surface area contributed by atoms with Gasteiger partial charge < -0.3 is 15.4 Å². The number of likely N-dealkylation sites (tertiary alicyclic amines) is 1. The number of ether oxygens (including phenoxy) is 1. The Kier molecular flexibility index (Phi) is 5.64. The second kappa shape index (κ2) is 7.47. The first-order valence-electron chi connectivity index (χ1n) is 7.59. The average Bonchev–Trinajstić information content (AvgIpc) is 2.52. The van der Waals surface area contributed by atoms with Gasteiger partial charge in [-0.15, -0.1) is 0 Å². The highest BCUT2D eigenvalue weighted by Crippen LogP contribution is 2.18. The summed E-state index contributed by atoms with van der Waals surface area (Å²) < 4.78 is 5.64. The van der Waals surface area contributed by atoms with Gasteiger partial charge in [0.1, 0.15) is 0 Å². The van der Waals surface area contributed by atoms with E-state index in [1.54, 1.807) is 0 Å². The molecule has 2 heterocycles. The van der Waals surface area contributed by atoms with Crippen LogP contribution in [-0.4, -0.2) is 53.3 Å². The maximum Gasteiger partial charge on any atom is 0.255 e. The third-order valence-electron chi connectivity index (χ3n) is 3.76. The number of carbonyl (C=O) groups excluding carboxylic acids is 1. The van der Waals surface area contributed by atoms with Gasteiger partial charge in [0.15, 0.2) is 0 Å². The van der Waals surface area contributed by atoms with Crippen molar-refractivity contribution < 1.29 is 9.53 Å². The summed E-state index contributed by atoms with van der Waals surface area (Å²) >= 11 is 0. The highest BCUT2D eigenvalue weighted by Gasteiger charge is 2.25. The van der Waals surface area contributed by atoms with Crippen molar-refractivity contribution in [2.24, 2.45) is 5.73 Å². The van der Waals surface area contributed by atoms with Gasteiger partial charge in [-0.25, -0.2) is 0 Å². The summed E-state index contributed by atoms with van der Waals surface area (Å²) in [5, 5.41) is 8.16. The lowest BCUT2D eigenvalue weighted by atomic mass is 10.0. The van der Waals surface area contributed by atoms with Gasteiger partial charge >= 0.3 is 0 Å². The van der Waals surface area contributed by atoms with E-state index in [2.05, 4.69) is 10.2 Å². The smallest absolute Gasteiger partial charge is 0.255 e. The first-order chi connectivity index (χ1) is 10.2. The molecular weight excluding hydrogens is 268 g/mol. The van der Waals surface area contributed by atoms with Crippen molar-refractivity contribution in [1.82, 2.24) is 15.1 Å². The van der Waals surface area contributed by atoms with Crippen LogP contribution in [0, 0.1) is 6.92 Å². The fraction of sp³-hybridized carbons (Fsp3) is 0.667. The van der Waals surface area contributed by atoms with Crippen molar-refractivity contribution in [2.45, 2.75) is 39.2 Å². The van der Waals surface area contributed by atoms with Gasteiger partial charge in [-0.3, -0.25) is 4.79 Å². The van der Waals surface area contributed by atoms with Gasteiger partial charge in [0.2, 0.25) is 0 Å². The zero-order valence-corrected chi connectivity index (χ0v) is 12.8. The highest BCUT2D eigenvalue weighted by atomic mass is 16.5. The van der Waals surface area contributed by atoms with Crippen LogP contribution in [0.1, 0.15) is 41.5 Å². The normalized spacial score (nSPS) is 16.2. The molecule has 0 aromatic carbocycles. The second-order valence-corrected chi connectivity index (χ2v) is 5.35. The van der Waals surface area contributed by atoms with E-state index < -0.39 is 0 Å². The minimum atomic E-state index is 0.0575. The number of aromatic nitrogens is 2. The van der Waals surface area contributed by atoms with Crippen molar-refractivity contribution in [3.63, 3.8) is 0 Å². The molecule has 1 aliphatic rings. The Labute approximate surface area is 125 Å². The number of hydrogen-bond donors (Lipinski definition) is 1. The Bertz CT molecular complexity index is 485. The van der Waals surface area contributed by atoms with Crippen LogP contribution < -0.4 is 5.73 Å². The standard InChI is InChI=1S/C15H24N4O2/c1-3-14-13(10-11(2)17-18-14)15(20)19-7-4-12(5-8-19)21-9-6-16/h10,12H,3-9,16H2,1-2H3. The maximum absolute atomic E-state index is 12.6. The number of rotatable bonds is 5. The summed E-state index contributed by atoms with van der Waals surface area (Å²) in [6.07, 6.45) is 2.67. The van der Waals surface area contributed by atoms with E-state index in [1.807, 2.05) is 24.8 Å². The molecular formula is C15H24N4O2. The van der Waals surface area contributed by atoms with E-state index in [-0.39, 0.29) is 12.0 Å². The Morgan fingerprint density at radius 2 is 2.14 bits per heavy atom. The third kappa shape index (κ3) is 3.98. The Balaban J connectivity index is 2.00. The van der Waals surface area contributed by atoms with Crippen LogP contribution in [0.3, 0.4) is 0 Å². The molecule has 1 amide bonds. The van der Waals surface area contributed by atoms with Crippen molar-refractivity contribution >= 4 is 5.91 Å². The van der Waals surface area contributed by atoms with Crippen molar-refractivity contribution in [2.75, 3.05) is 26.2 Å². The van der Waals surface area contributed by atoms with E-state index in [0.717, 1.165) is 37.3 Å².